The van der Waals surface area contributed by atoms with Crippen molar-refractivity contribution >= 4 is 15.9 Å². The molecule has 7 heteroatoms. The molecule has 0 aliphatic rings. The SMILES string of the molecule is CC(C)(C)NC(=O)CNS(=O)(=O)c1cccc(C#N)c1. The molecule has 0 bridgehead atoms. The molecular weight excluding hydrogens is 278 g/mol. The highest BCUT2D eigenvalue weighted by Crippen LogP contribution is 2.10. The Morgan fingerprint density at radius 2 is 2.00 bits per heavy atom. The highest BCUT2D eigenvalue weighted by atomic mass is 32.2. The summed E-state index contributed by atoms with van der Waals surface area (Å²) in [5.74, 6) is -0.419. The van der Waals surface area contributed by atoms with Gasteiger partial charge in [-0.05, 0) is 39.0 Å². The Bertz CT molecular complexity index is 640. The molecule has 0 radical (unpaired) electrons. The third kappa shape index (κ3) is 4.99. The zero-order chi connectivity index (χ0) is 15.4. The van der Waals surface area contributed by atoms with Crippen LogP contribution in [0, 0.1) is 11.3 Å². The molecule has 0 saturated heterocycles. The molecule has 0 atom stereocenters. The average molecular weight is 295 g/mol. The second-order valence-corrected chi connectivity index (χ2v) is 7.03. The number of nitriles is 1. The molecule has 0 spiro atoms. The van der Waals surface area contributed by atoms with Gasteiger partial charge in [-0.3, -0.25) is 4.79 Å². The van der Waals surface area contributed by atoms with E-state index in [0.717, 1.165) is 0 Å². The van der Waals surface area contributed by atoms with Crippen molar-refractivity contribution in [3.63, 3.8) is 0 Å². The van der Waals surface area contributed by atoms with Gasteiger partial charge < -0.3 is 5.32 Å². The summed E-state index contributed by atoms with van der Waals surface area (Å²) in [6, 6.07) is 7.46. The summed E-state index contributed by atoms with van der Waals surface area (Å²) in [5.41, 5.74) is -0.185. The molecule has 2 N–H and O–H groups in total. The Balaban J connectivity index is 2.76. The van der Waals surface area contributed by atoms with Gasteiger partial charge in [0.1, 0.15) is 0 Å². The smallest absolute Gasteiger partial charge is 0.241 e. The molecule has 1 rings (SSSR count). The van der Waals surface area contributed by atoms with E-state index in [1.807, 2.05) is 6.07 Å². The fourth-order valence-electron chi connectivity index (χ4n) is 1.44. The Labute approximate surface area is 118 Å². The molecule has 6 nitrogen and oxygen atoms in total. The van der Waals surface area contributed by atoms with Crippen LogP contribution in [0.15, 0.2) is 29.2 Å². The lowest BCUT2D eigenvalue weighted by Crippen LogP contribution is -2.45. The van der Waals surface area contributed by atoms with Crippen LogP contribution < -0.4 is 10.0 Å². The largest absolute Gasteiger partial charge is 0.350 e. The maximum absolute atomic E-state index is 12.0. The molecule has 0 saturated carbocycles. The lowest BCUT2D eigenvalue weighted by molar-refractivity contribution is -0.121. The summed E-state index contributed by atoms with van der Waals surface area (Å²) in [4.78, 5) is 11.5. The van der Waals surface area contributed by atoms with E-state index in [0.29, 0.717) is 0 Å². The third-order valence-corrected chi connectivity index (χ3v) is 3.61. The van der Waals surface area contributed by atoms with Crippen LogP contribution in [0.4, 0.5) is 0 Å². The second-order valence-electron chi connectivity index (χ2n) is 5.26. The van der Waals surface area contributed by atoms with Crippen molar-refractivity contribution in [2.45, 2.75) is 31.2 Å². The molecule has 1 amide bonds. The minimum Gasteiger partial charge on any atom is -0.350 e. The monoisotopic (exact) mass is 295 g/mol. The Hall–Kier alpha value is -1.91. The van der Waals surface area contributed by atoms with Gasteiger partial charge in [-0.1, -0.05) is 6.07 Å². The summed E-state index contributed by atoms with van der Waals surface area (Å²) in [6.07, 6.45) is 0. The maximum atomic E-state index is 12.0. The molecule has 0 fully saturated rings. The molecule has 20 heavy (non-hydrogen) atoms. The summed E-state index contributed by atoms with van der Waals surface area (Å²) in [5, 5.41) is 11.4. The van der Waals surface area contributed by atoms with Crippen LogP contribution in [0.2, 0.25) is 0 Å². The molecular formula is C13H17N3O3S. The number of carbonyl (C=O) groups excluding carboxylic acids is 1. The van der Waals surface area contributed by atoms with Crippen LogP contribution in [0.5, 0.6) is 0 Å². The van der Waals surface area contributed by atoms with Gasteiger partial charge in [-0.25, -0.2) is 13.1 Å². The van der Waals surface area contributed by atoms with E-state index in [2.05, 4.69) is 10.0 Å². The molecule has 0 unspecified atom stereocenters. The number of rotatable bonds is 4. The first kappa shape index (κ1) is 16.1. The second kappa shape index (κ2) is 6.03. The first-order valence-electron chi connectivity index (χ1n) is 5.95. The summed E-state index contributed by atoms with van der Waals surface area (Å²) in [7, 11) is -3.81. The topological polar surface area (TPSA) is 99.1 Å². The molecule has 0 aliphatic heterocycles. The van der Waals surface area contributed by atoms with E-state index in [1.165, 1.54) is 24.3 Å². The van der Waals surface area contributed by atoms with Gasteiger partial charge >= 0.3 is 0 Å². The zero-order valence-electron chi connectivity index (χ0n) is 11.6. The molecule has 1 aromatic rings. The fraction of sp³-hybridized carbons (Fsp3) is 0.385. The van der Waals surface area contributed by atoms with E-state index < -0.39 is 21.5 Å². The average Bonchev–Trinajstić information content (AvgIpc) is 2.35. The van der Waals surface area contributed by atoms with E-state index >= 15 is 0 Å². The van der Waals surface area contributed by atoms with Crippen molar-refractivity contribution in [2.24, 2.45) is 0 Å². The highest BCUT2D eigenvalue weighted by Gasteiger charge is 2.18. The number of nitrogens with one attached hydrogen (secondary N) is 2. The fourth-order valence-corrected chi connectivity index (χ4v) is 2.47. The number of amides is 1. The van der Waals surface area contributed by atoms with Crippen LogP contribution in [-0.2, 0) is 14.8 Å². The van der Waals surface area contributed by atoms with Gasteiger partial charge in [0.25, 0.3) is 0 Å². The number of sulfonamides is 1. The molecule has 1 aromatic carbocycles. The minimum atomic E-state index is -3.81. The van der Waals surface area contributed by atoms with Crippen LogP contribution in [0.3, 0.4) is 0 Å². The van der Waals surface area contributed by atoms with Gasteiger partial charge in [0, 0.05) is 5.54 Å². The third-order valence-electron chi connectivity index (χ3n) is 2.21. The van der Waals surface area contributed by atoms with Crippen molar-refractivity contribution < 1.29 is 13.2 Å². The Kier molecular flexibility index (Phi) is 4.87. The molecule has 0 aliphatic carbocycles. The van der Waals surface area contributed by atoms with Gasteiger partial charge in [-0.15, -0.1) is 0 Å². The Morgan fingerprint density at radius 1 is 1.35 bits per heavy atom. The van der Waals surface area contributed by atoms with E-state index in [4.69, 9.17) is 5.26 Å². The van der Waals surface area contributed by atoms with Crippen molar-refractivity contribution in [3.8, 4) is 6.07 Å². The van der Waals surface area contributed by atoms with Crippen molar-refractivity contribution in [1.29, 1.82) is 5.26 Å². The molecule has 0 aromatic heterocycles. The number of benzene rings is 1. The van der Waals surface area contributed by atoms with Gasteiger partial charge in [0.05, 0.1) is 23.1 Å². The maximum Gasteiger partial charge on any atom is 0.241 e. The minimum absolute atomic E-state index is 0.0416. The Morgan fingerprint density at radius 3 is 2.55 bits per heavy atom. The number of hydrogen-bond donors (Lipinski definition) is 2. The van der Waals surface area contributed by atoms with Gasteiger partial charge in [-0.2, -0.15) is 5.26 Å². The predicted octanol–water partition coefficient (Wildman–Crippen LogP) is 0.751. The quantitative estimate of drug-likeness (QED) is 0.856. The van der Waals surface area contributed by atoms with Crippen molar-refractivity contribution in [3.05, 3.63) is 29.8 Å². The zero-order valence-corrected chi connectivity index (χ0v) is 12.4. The first-order valence-corrected chi connectivity index (χ1v) is 7.43. The summed E-state index contributed by atoms with van der Waals surface area (Å²) < 4.78 is 26.1. The number of nitrogens with zero attached hydrogens (tertiary/aromatic N) is 1. The normalized spacial score (nSPS) is 11.7. The van der Waals surface area contributed by atoms with Crippen LogP contribution in [-0.4, -0.2) is 26.4 Å². The van der Waals surface area contributed by atoms with Crippen molar-refractivity contribution in [1.82, 2.24) is 10.0 Å². The summed E-state index contributed by atoms with van der Waals surface area (Å²) >= 11 is 0. The van der Waals surface area contributed by atoms with E-state index in [9.17, 15) is 13.2 Å². The van der Waals surface area contributed by atoms with Gasteiger partial charge in [0.15, 0.2) is 0 Å². The lowest BCUT2D eigenvalue weighted by Gasteiger charge is -2.20. The van der Waals surface area contributed by atoms with Crippen LogP contribution >= 0.6 is 0 Å². The lowest BCUT2D eigenvalue weighted by atomic mass is 10.1. The van der Waals surface area contributed by atoms with Crippen LogP contribution in [0.25, 0.3) is 0 Å². The van der Waals surface area contributed by atoms with Crippen molar-refractivity contribution in [2.75, 3.05) is 6.54 Å². The first-order chi connectivity index (χ1) is 9.14. The van der Waals surface area contributed by atoms with E-state index in [1.54, 1.807) is 20.8 Å². The number of carbonyl (C=O) groups is 1. The van der Waals surface area contributed by atoms with Crippen LogP contribution in [0.1, 0.15) is 26.3 Å². The summed E-state index contributed by atoms with van der Waals surface area (Å²) in [6.45, 7) is 5.05. The highest BCUT2D eigenvalue weighted by molar-refractivity contribution is 7.89. The van der Waals surface area contributed by atoms with Gasteiger partial charge in [0.2, 0.25) is 15.9 Å². The van der Waals surface area contributed by atoms with E-state index in [-0.39, 0.29) is 17.0 Å². The molecule has 0 heterocycles. The standard InChI is InChI=1S/C13H17N3O3S/c1-13(2,3)16-12(17)9-15-20(18,19)11-6-4-5-10(7-11)8-14/h4-7,15H,9H2,1-3H3,(H,16,17). The molecule has 108 valence electrons. The number of hydrogen-bond acceptors (Lipinski definition) is 4. The predicted molar refractivity (Wildman–Crippen MR) is 74.2 cm³/mol.